The molecule has 1 aliphatic heterocycles. The monoisotopic (exact) mass is 365 g/mol. The average molecular weight is 365 g/mol. The molecule has 1 fully saturated rings. The maximum atomic E-state index is 12.6. The van der Waals surface area contributed by atoms with Crippen molar-refractivity contribution in [1.29, 1.82) is 0 Å². The summed E-state index contributed by atoms with van der Waals surface area (Å²) in [6, 6.07) is 17.3. The Labute approximate surface area is 160 Å². The number of nitrogens with zero attached hydrogens (tertiary/aromatic N) is 1. The predicted octanol–water partition coefficient (Wildman–Crippen LogP) is 3.60. The molecule has 0 aliphatic carbocycles. The molecule has 1 saturated heterocycles. The van der Waals surface area contributed by atoms with Gasteiger partial charge in [-0.25, -0.2) is 0 Å². The van der Waals surface area contributed by atoms with Crippen LogP contribution in [0.2, 0.25) is 0 Å². The van der Waals surface area contributed by atoms with E-state index in [2.05, 4.69) is 10.6 Å². The number of benzene rings is 2. The molecule has 2 aromatic carbocycles. The molecular weight excluding hydrogens is 338 g/mol. The van der Waals surface area contributed by atoms with Crippen LogP contribution in [0.4, 0.5) is 5.69 Å². The third kappa shape index (κ3) is 5.41. The number of amides is 2. The summed E-state index contributed by atoms with van der Waals surface area (Å²) >= 11 is 0. The molecule has 5 heteroatoms. The number of likely N-dealkylation sites (tertiary alicyclic amines) is 1. The van der Waals surface area contributed by atoms with Crippen molar-refractivity contribution in [3.8, 4) is 0 Å². The van der Waals surface area contributed by atoms with Crippen molar-refractivity contribution in [3.63, 3.8) is 0 Å². The van der Waals surface area contributed by atoms with E-state index in [-0.39, 0.29) is 24.4 Å². The highest BCUT2D eigenvalue weighted by atomic mass is 16.2. The SMILES string of the molecule is CC(NCC(=O)Nc1cccc(C(=O)N2CCCCC2)c1)c1ccccc1. The number of rotatable bonds is 6. The molecule has 0 radical (unpaired) electrons. The van der Waals surface area contributed by atoms with Crippen molar-refractivity contribution in [2.75, 3.05) is 25.0 Å². The largest absolute Gasteiger partial charge is 0.339 e. The van der Waals surface area contributed by atoms with Gasteiger partial charge in [0.15, 0.2) is 0 Å². The second-order valence-corrected chi connectivity index (χ2v) is 7.00. The minimum Gasteiger partial charge on any atom is -0.339 e. The van der Waals surface area contributed by atoms with Crippen molar-refractivity contribution in [2.45, 2.75) is 32.2 Å². The fraction of sp³-hybridized carbons (Fsp3) is 0.364. The summed E-state index contributed by atoms with van der Waals surface area (Å²) in [7, 11) is 0. The zero-order valence-corrected chi connectivity index (χ0v) is 15.8. The van der Waals surface area contributed by atoms with Gasteiger partial charge in [0.2, 0.25) is 5.91 Å². The van der Waals surface area contributed by atoms with Gasteiger partial charge in [-0.2, -0.15) is 0 Å². The molecule has 0 aromatic heterocycles. The molecule has 1 atom stereocenters. The Kier molecular flexibility index (Phi) is 6.60. The Balaban J connectivity index is 1.54. The van der Waals surface area contributed by atoms with Crippen molar-refractivity contribution in [3.05, 3.63) is 65.7 Å². The van der Waals surface area contributed by atoms with E-state index < -0.39 is 0 Å². The van der Waals surface area contributed by atoms with Gasteiger partial charge < -0.3 is 15.5 Å². The third-order valence-corrected chi connectivity index (χ3v) is 4.90. The normalized spacial score (nSPS) is 15.2. The van der Waals surface area contributed by atoms with Gasteiger partial charge in [0.05, 0.1) is 6.54 Å². The Morgan fingerprint density at radius 3 is 2.48 bits per heavy atom. The first kappa shape index (κ1) is 19.1. The summed E-state index contributed by atoms with van der Waals surface area (Å²) in [6.45, 7) is 3.87. The highest BCUT2D eigenvalue weighted by Gasteiger charge is 2.18. The summed E-state index contributed by atoms with van der Waals surface area (Å²) in [5.41, 5.74) is 2.41. The molecule has 2 amide bonds. The Bertz CT molecular complexity index is 770. The molecular formula is C22H27N3O2. The molecule has 27 heavy (non-hydrogen) atoms. The number of nitrogens with one attached hydrogen (secondary N) is 2. The lowest BCUT2D eigenvalue weighted by molar-refractivity contribution is -0.115. The van der Waals surface area contributed by atoms with Crippen LogP contribution in [0.15, 0.2) is 54.6 Å². The van der Waals surface area contributed by atoms with Gasteiger partial charge in [0.1, 0.15) is 0 Å². The molecule has 2 N–H and O–H groups in total. The van der Waals surface area contributed by atoms with Crippen molar-refractivity contribution in [1.82, 2.24) is 10.2 Å². The standard InChI is InChI=1S/C22H27N3O2/c1-17(18-9-4-2-5-10-18)23-16-21(26)24-20-12-8-11-19(15-20)22(27)25-13-6-3-7-14-25/h2,4-5,8-12,15,17,23H,3,6-7,13-14,16H2,1H3,(H,24,26). The molecule has 0 bridgehead atoms. The molecule has 2 aromatic rings. The molecule has 3 rings (SSSR count). The Hall–Kier alpha value is -2.66. The van der Waals surface area contributed by atoms with Gasteiger partial charge in [0.25, 0.3) is 5.91 Å². The molecule has 1 aliphatic rings. The van der Waals surface area contributed by atoms with E-state index in [0.717, 1.165) is 31.5 Å². The number of hydrogen-bond donors (Lipinski definition) is 2. The first-order chi connectivity index (χ1) is 13.1. The Morgan fingerprint density at radius 2 is 1.74 bits per heavy atom. The van der Waals surface area contributed by atoms with Crippen LogP contribution in [0.5, 0.6) is 0 Å². The van der Waals surface area contributed by atoms with Gasteiger partial charge in [-0.05, 0) is 49.9 Å². The highest BCUT2D eigenvalue weighted by Crippen LogP contribution is 2.16. The predicted molar refractivity (Wildman–Crippen MR) is 108 cm³/mol. The highest BCUT2D eigenvalue weighted by molar-refractivity contribution is 5.97. The van der Waals surface area contributed by atoms with Crippen LogP contribution in [-0.4, -0.2) is 36.3 Å². The van der Waals surface area contributed by atoms with Crippen LogP contribution in [0, 0.1) is 0 Å². The molecule has 0 spiro atoms. The topological polar surface area (TPSA) is 61.4 Å². The number of carbonyl (C=O) groups is 2. The molecule has 1 heterocycles. The van der Waals surface area contributed by atoms with E-state index in [1.54, 1.807) is 6.07 Å². The van der Waals surface area contributed by atoms with Gasteiger partial charge in [-0.1, -0.05) is 36.4 Å². The maximum absolute atomic E-state index is 12.6. The molecule has 142 valence electrons. The summed E-state index contributed by atoms with van der Waals surface area (Å²) < 4.78 is 0. The quantitative estimate of drug-likeness (QED) is 0.822. The minimum atomic E-state index is -0.125. The van der Waals surface area contributed by atoms with Gasteiger partial charge in [-0.15, -0.1) is 0 Å². The number of carbonyl (C=O) groups excluding carboxylic acids is 2. The molecule has 1 unspecified atom stereocenters. The lowest BCUT2D eigenvalue weighted by Gasteiger charge is -2.26. The second kappa shape index (κ2) is 9.33. The first-order valence-electron chi connectivity index (χ1n) is 9.61. The van der Waals surface area contributed by atoms with E-state index in [0.29, 0.717) is 11.3 Å². The zero-order chi connectivity index (χ0) is 19.1. The van der Waals surface area contributed by atoms with Gasteiger partial charge in [-0.3, -0.25) is 9.59 Å². The lowest BCUT2D eigenvalue weighted by Crippen LogP contribution is -2.35. The van der Waals surface area contributed by atoms with Crippen molar-refractivity contribution in [2.24, 2.45) is 0 Å². The van der Waals surface area contributed by atoms with E-state index in [1.807, 2.05) is 60.4 Å². The van der Waals surface area contributed by atoms with Gasteiger partial charge in [0, 0.05) is 30.4 Å². The minimum absolute atomic E-state index is 0.0432. The van der Waals surface area contributed by atoms with E-state index in [9.17, 15) is 9.59 Å². The summed E-state index contributed by atoms with van der Waals surface area (Å²) in [4.78, 5) is 26.8. The van der Waals surface area contributed by atoms with Crippen LogP contribution in [0.3, 0.4) is 0 Å². The average Bonchev–Trinajstić information content (AvgIpc) is 2.73. The molecule has 0 saturated carbocycles. The lowest BCUT2D eigenvalue weighted by atomic mass is 10.1. The van der Waals surface area contributed by atoms with E-state index >= 15 is 0 Å². The fourth-order valence-corrected chi connectivity index (χ4v) is 3.32. The zero-order valence-electron chi connectivity index (χ0n) is 15.8. The first-order valence-corrected chi connectivity index (χ1v) is 9.61. The third-order valence-electron chi connectivity index (χ3n) is 4.90. The molecule has 5 nitrogen and oxygen atoms in total. The van der Waals surface area contributed by atoms with Crippen LogP contribution in [-0.2, 0) is 4.79 Å². The van der Waals surface area contributed by atoms with Crippen LogP contribution < -0.4 is 10.6 Å². The smallest absolute Gasteiger partial charge is 0.253 e. The Morgan fingerprint density at radius 1 is 1.00 bits per heavy atom. The van der Waals surface area contributed by atoms with Crippen molar-refractivity contribution < 1.29 is 9.59 Å². The number of piperidine rings is 1. The number of hydrogen-bond acceptors (Lipinski definition) is 3. The number of anilines is 1. The van der Waals surface area contributed by atoms with Crippen LogP contribution in [0.25, 0.3) is 0 Å². The van der Waals surface area contributed by atoms with Crippen LogP contribution >= 0.6 is 0 Å². The van der Waals surface area contributed by atoms with E-state index in [4.69, 9.17) is 0 Å². The van der Waals surface area contributed by atoms with Crippen molar-refractivity contribution >= 4 is 17.5 Å². The van der Waals surface area contributed by atoms with Gasteiger partial charge >= 0.3 is 0 Å². The fourth-order valence-electron chi connectivity index (χ4n) is 3.32. The summed E-state index contributed by atoms with van der Waals surface area (Å²) in [6.07, 6.45) is 3.31. The summed E-state index contributed by atoms with van der Waals surface area (Å²) in [5, 5.41) is 6.10. The maximum Gasteiger partial charge on any atom is 0.253 e. The second-order valence-electron chi connectivity index (χ2n) is 7.00. The summed E-state index contributed by atoms with van der Waals surface area (Å²) in [5.74, 6) is -0.0815. The van der Waals surface area contributed by atoms with E-state index in [1.165, 1.54) is 6.42 Å². The van der Waals surface area contributed by atoms with Crippen LogP contribution in [0.1, 0.15) is 48.1 Å².